The Balaban J connectivity index is 1.74. The monoisotopic (exact) mass is 383 g/mol. The third-order valence-electron chi connectivity index (χ3n) is 3.95. The van der Waals surface area contributed by atoms with Crippen molar-refractivity contribution in [1.82, 2.24) is 15.4 Å². The van der Waals surface area contributed by atoms with Gasteiger partial charge in [0.1, 0.15) is 17.8 Å². The molecule has 1 amide bonds. The van der Waals surface area contributed by atoms with Gasteiger partial charge in [-0.2, -0.15) is 4.98 Å². The number of nitrogen functional groups attached to an aromatic ring is 1. The van der Waals surface area contributed by atoms with Crippen LogP contribution in [0.5, 0.6) is 11.6 Å². The second-order valence-electron chi connectivity index (χ2n) is 5.85. The number of hydrazine groups is 1. The van der Waals surface area contributed by atoms with E-state index in [-0.39, 0.29) is 17.4 Å². The van der Waals surface area contributed by atoms with Gasteiger partial charge in [0, 0.05) is 0 Å². The van der Waals surface area contributed by atoms with E-state index in [1.165, 1.54) is 6.33 Å². The van der Waals surface area contributed by atoms with Gasteiger partial charge in [0.15, 0.2) is 5.82 Å². The van der Waals surface area contributed by atoms with Crippen LogP contribution in [-0.4, -0.2) is 15.9 Å². The molecule has 0 unspecified atom stereocenters. The first-order chi connectivity index (χ1) is 13.0. The minimum Gasteiger partial charge on any atom is -0.437 e. The molecule has 1 aromatic heterocycles. The Morgan fingerprint density at radius 1 is 1.11 bits per heavy atom. The third kappa shape index (κ3) is 4.27. The van der Waals surface area contributed by atoms with E-state index in [0.29, 0.717) is 16.3 Å². The molecule has 27 heavy (non-hydrogen) atoms. The second kappa shape index (κ2) is 7.92. The summed E-state index contributed by atoms with van der Waals surface area (Å²) in [4.78, 5) is 20.3. The molecule has 0 radical (unpaired) electrons. The smallest absolute Gasteiger partial charge is 0.271 e. The largest absolute Gasteiger partial charge is 0.437 e. The molecule has 0 fully saturated rings. The SMILES string of the molecule is Cc1ccc(Oc2ncnc(NNC(=O)c3ccccc3Cl)c2N)cc1C. The number of nitrogens with two attached hydrogens (primary N) is 1. The lowest BCUT2D eigenvalue weighted by atomic mass is 10.1. The molecule has 4 N–H and O–H groups in total. The van der Waals surface area contributed by atoms with Gasteiger partial charge < -0.3 is 10.5 Å². The van der Waals surface area contributed by atoms with Crippen molar-refractivity contribution in [3.8, 4) is 11.6 Å². The highest BCUT2D eigenvalue weighted by molar-refractivity contribution is 6.33. The normalized spacial score (nSPS) is 10.3. The number of nitrogens with one attached hydrogen (secondary N) is 2. The van der Waals surface area contributed by atoms with E-state index in [9.17, 15) is 4.79 Å². The van der Waals surface area contributed by atoms with E-state index in [2.05, 4.69) is 20.8 Å². The number of anilines is 2. The number of hydrogen-bond acceptors (Lipinski definition) is 6. The van der Waals surface area contributed by atoms with Crippen LogP contribution in [0.15, 0.2) is 48.8 Å². The molecular weight excluding hydrogens is 366 g/mol. The van der Waals surface area contributed by atoms with E-state index in [1.807, 2.05) is 32.0 Å². The highest BCUT2D eigenvalue weighted by Crippen LogP contribution is 2.29. The quantitative estimate of drug-likeness (QED) is 0.578. The van der Waals surface area contributed by atoms with Gasteiger partial charge in [-0.05, 0) is 49.2 Å². The van der Waals surface area contributed by atoms with E-state index in [0.717, 1.165) is 11.1 Å². The number of amides is 1. The summed E-state index contributed by atoms with van der Waals surface area (Å²) in [7, 11) is 0. The van der Waals surface area contributed by atoms with Crippen molar-refractivity contribution >= 4 is 29.0 Å². The molecule has 3 aromatic rings. The summed E-state index contributed by atoms with van der Waals surface area (Å²) in [5.74, 6) is 0.580. The zero-order valence-electron chi connectivity index (χ0n) is 14.8. The molecule has 0 aliphatic carbocycles. The standard InChI is InChI=1S/C19H18ClN5O2/c1-11-7-8-13(9-12(11)2)27-19-16(21)17(22-10-23-19)24-25-18(26)14-5-3-4-6-15(14)20/h3-10H,21H2,1-2H3,(H,25,26)(H,22,23,24). The van der Waals surface area contributed by atoms with Gasteiger partial charge in [0.05, 0.1) is 10.6 Å². The Bertz CT molecular complexity index is 994. The summed E-state index contributed by atoms with van der Waals surface area (Å²) in [6.45, 7) is 4.00. The van der Waals surface area contributed by atoms with Crippen LogP contribution < -0.4 is 21.3 Å². The van der Waals surface area contributed by atoms with Crippen LogP contribution in [0, 0.1) is 13.8 Å². The van der Waals surface area contributed by atoms with Crippen LogP contribution in [-0.2, 0) is 0 Å². The first-order valence-electron chi connectivity index (χ1n) is 8.12. The molecule has 0 atom stereocenters. The first kappa shape index (κ1) is 18.5. The topological polar surface area (TPSA) is 102 Å². The third-order valence-corrected chi connectivity index (χ3v) is 4.28. The molecule has 0 spiro atoms. The van der Waals surface area contributed by atoms with Crippen molar-refractivity contribution in [2.45, 2.75) is 13.8 Å². The molecule has 0 bridgehead atoms. The van der Waals surface area contributed by atoms with Gasteiger partial charge in [-0.15, -0.1) is 0 Å². The van der Waals surface area contributed by atoms with Crippen molar-refractivity contribution in [1.29, 1.82) is 0 Å². The minimum absolute atomic E-state index is 0.162. The maximum absolute atomic E-state index is 12.2. The number of aromatic nitrogens is 2. The van der Waals surface area contributed by atoms with Crippen molar-refractivity contribution in [3.05, 3.63) is 70.5 Å². The molecule has 0 aliphatic heterocycles. The lowest BCUT2D eigenvalue weighted by Gasteiger charge is -2.13. The van der Waals surface area contributed by atoms with Gasteiger partial charge in [-0.25, -0.2) is 4.98 Å². The van der Waals surface area contributed by atoms with Crippen molar-refractivity contribution in [2.75, 3.05) is 11.2 Å². The molecule has 3 rings (SSSR count). The number of nitrogens with zero attached hydrogens (tertiary/aromatic N) is 2. The summed E-state index contributed by atoms with van der Waals surface area (Å²) in [5, 5.41) is 0.339. The van der Waals surface area contributed by atoms with Gasteiger partial charge >= 0.3 is 0 Å². The molecule has 0 saturated heterocycles. The maximum Gasteiger partial charge on any atom is 0.271 e. The highest BCUT2D eigenvalue weighted by atomic mass is 35.5. The molecule has 0 aliphatic rings. The number of rotatable bonds is 5. The van der Waals surface area contributed by atoms with Crippen LogP contribution in [0.1, 0.15) is 21.5 Å². The van der Waals surface area contributed by atoms with E-state index >= 15 is 0 Å². The Morgan fingerprint density at radius 2 is 1.89 bits per heavy atom. The Kier molecular flexibility index (Phi) is 5.42. The fraction of sp³-hybridized carbons (Fsp3) is 0.105. The van der Waals surface area contributed by atoms with Crippen LogP contribution in [0.25, 0.3) is 0 Å². The molecule has 2 aromatic carbocycles. The number of hydrogen-bond donors (Lipinski definition) is 3. The molecular formula is C19H18ClN5O2. The van der Waals surface area contributed by atoms with Crippen molar-refractivity contribution in [2.24, 2.45) is 0 Å². The lowest BCUT2D eigenvalue weighted by Crippen LogP contribution is -2.30. The zero-order chi connectivity index (χ0) is 19.4. The van der Waals surface area contributed by atoms with Gasteiger partial charge in [0.25, 0.3) is 5.91 Å². The Labute approximate surface area is 161 Å². The van der Waals surface area contributed by atoms with E-state index < -0.39 is 5.91 Å². The van der Waals surface area contributed by atoms with Crippen molar-refractivity contribution in [3.63, 3.8) is 0 Å². The molecule has 138 valence electrons. The average molecular weight is 384 g/mol. The Morgan fingerprint density at radius 3 is 2.63 bits per heavy atom. The molecule has 7 nitrogen and oxygen atoms in total. The fourth-order valence-corrected chi connectivity index (χ4v) is 2.50. The van der Waals surface area contributed by atoms with Crippen LogP contribution in [0.4, 0.5) is 11.5 Å². The summed E-state index contributed by atoms with van der Waals surface area (Å²) in [6.07, 6.45) is 1.29. The minimum atomic E-state index is -0.421. The van der Waals surface area contributed by atoms with Crippen LogP contribution in [0.3, 0.4) is 0 Å². The maximum atomic E-state index is 12.2. The highest BCUT2D eigenvalue weighted by Gasteiger charge is 2.13. The first-order valence-corrected chi connectivity index (χ1v) is 8.50. The number of benzene rings is 2. The van der Waals surface area contributed by atoms with Gasteiger partial charge in [0.2, 0.25) is 5.88 Å². The van der Waals surface area contributed by atoms with E-state index in [1.54, 1.807) is 24.3 Å². The number of halogens is 1. The number of carbonyl (C=O) groups is 1. The van der Waals surface area contributed by atoms with Crippen LogP contribution >= 0.6 is 11.6 Å². The Hall–Kier alpha value is -3.32. The number of ether oxygens (including phenoxy) is 1. The average Bonchev–Trinajstić information content (AvgIpc) is 2.65. The number of carbonyl (C=O) groups excluding carboxylic acids is 1. The van der Waals surface area contributed by atoms with E-state index in [4.69, 9.17) is 22.1 Å². The lowest BCUT2D eigenvalue weighted by molar-refractivity contribution is 0.0962. The number of aryl methyl sites for hydroxylation is 2. The summed E-state index contributed by atoms with van der Waals surface area (Å²) < 4.78 is 5.75. The summed E-state index contributed by atoms with van der Waals surface area (Å²) >= 11 is 6.01. The zero-order valence-corrected chi connectivity index (χ0v) is 15.5. The summed E-state index contributed by atoms with van der Waals surface area (Å²) in [6, 6.07) is 12.4. The predicted molar refractivity (Wildman–Crippen MR) is 105 cm³/mol. The van der Waals surface area contributed by atoms with Gasteiger partial charge in [-0.3, -0.25) is 15.6 Å². The molecule has 0 saturated carbocycles. The van der Waals surface area contributed by atoms with Crippen molar-refractivity contribution < 1.29 is 9.53 Å². The molecule has 1 heterocycles. The fourth-order valence-electron chi connectivity index (χ4n) is 2.28. The predicted octanol–water partition coefficient (Wildman–Crippen LogP) is 3.88. The van der Waals surface area contributed by atoms with Crippen LogP contribution in [0.2, 0.25) is 5.02 Å². The molecule has 8 heteroatoms. The summed E-state index contributed by atoms with van der Waals surface area (Å²) in [5.41, 5.74) is 14.0. The second-order valence-corrected chi connectivity index (χ2v) is 6.26. The van der Waals surface area contributed by atoms with Gasteiger partial charge in [-0.1, -0.05) is 29.8 Å².